The second-order valence-corrected chi connectivity index (χ2v) is 8.78. The summed E-state index contributed by atoms with van der Waals surface area (Å²) in [6.45, 7) is 2.39. The molecule has 164 valence electrons. The lowest BCUT2D eigenvalue weighted by atomic mass is 10.0. The van der Waals surface area contributed by atoms with Crippen LogP contribution in [0.1, 0.15) is 28.4 Å². The van der Waals surface area contributed by atoms with Crippen LogP contribution in [0.5, 0.6) is 11.5 Å². The number of aromatic amines is 1. The molecule has 4 aromatic rings. The Morgan fingerprint density at radius 3 is 2.72 bits per heavy atom. The van der Waals surface area contributed by atoms with Crippen molar-refractivity contribution in [3.8, 4) is 11.5 Å². The highest BCUT2D eigenvalue weighted by Gasteiger charge is 2.21. The first-order valence-corrected chi connectivity index (χ1v) is 11.9. The molecule has 0 spiro atoms. The van der Waals surface area contributed by atoms with E-state index in [-0.39, 0.29) is 12.4 Å². The fourth-order valence-corrected chi connectivity index (χ4v) is 4.21. The van der Waals surface area contributed by atoms with Gasteiger partial charge in [-0.25, -0.2) is 4.98 Å². The number of hydrogen-bond acceptors (Lipinski definition) is 5. The molecule has 0 aliphatic carbocycles. The van der Waals surface area contributed by atoms with E-state index in [1.165, 1.54) is 0 Å². The number of fused-ring (bicyclic) bond motifs is 1. The van der Waals surface area contributed by atoms with Crippen LogP contribution < -0.4 is 9.47 Å². The van der Waals surface area contributed by atoms with Crippen molar-refractivity contribution in [1.82, 2.24) is 9.97 Å². The normalized spacial score (nSPS) is 12.0. The third kappa shape index (κ3) is 4.40. The molecule has 0 fully saturated rings. The molecule has 0 bridgehead atoms. The smallest absolute Gasteiger partial charge is 0.199 e. The molecule has 0 saturated heterocycles. The number of hydrogen-bond donors (Lipinski definition) is 1. The van der Waals surface area contributed by atoms with E-state index < -0.39 is 10.8 Å². The Balaban J connectivity index is 1.65. The van der Waals surface area contributed by atoms with Gasteiger partial charge >= 0.3 is 0 Å². The van der Waals surface area contributed by atoms with Gasteiger partial charge in [0.1, 0.15) is 12.3 Å². The van der Waals surface area contributed by atoms with Crippen LogP contribution in [0.4, 0.5) is 0 Å². The molecule has 0 saturated carbocycles. The molecule has 1 N–H and O–H groups in total. The number of nitrogens with zero attached hydrogens (tertiary/aromatic N) is 1. The molecule has 4 rings (SSSR count). The van der Waals surface area contributed by atoms with Crippen molar-refractivity contribution in [2.75, 3.05) is 12.9 Å². The SMILES string of the molecule is CCOc1c(OCc2ccc(S(C)=O)cc2Cl)cccc1C(=O)c1c[nH]c2ncccc12. The minimum absolute atomic E-state index is 0.171. The van der Waals surface area contributed by atoms with E-state index in [0.29, 0.717) is 44.8 Å². The lowest BCUT2D eigenvalue weighted by Crippen LogP contribution is -2.07. The molecule has 0 aliphatic heterocycles. The summed E-state index contributed by atoms with van der Waals surface area (Å²) < 4.78 is 23.5. The zero-order chi connectivity index (χ0) is 22.7. The minimum atomic E-state index is -1.12. The molecule has 2 aromatic heterocycles. The Kier molecular flexibility index (Phi) is 6.58. The van der Waals surface area contributed by atoms with Gasteiger partial charge in [-0.3, -0.25) is 9.00 Å². The van der Waals surface area contributed by atoms with Crippen molar-refractivity contribution in [2.24, 2.45) is 0 Å². The first-order valence-electron chi connectivity index (χ1n) is 9.96. The Morgan fingerprint density at radius 2 is 1.97 bits per heavy atom. The average molecular weight is 469 g/mol. The lowest BCUT2D eigenvalue weighted by Gasteiger charge is -2.16. The predicted octanol–water partition coefficient (Wildman–Crippen LogP) is 5.16. The molecule has 8 heteroatoms. The molecular formula is C24H21ClN2O4S. The van der Waals surface area contributed by atoms with Crippen LogP contribution in [0.25, 0.3) is 11.0 Å². The summed E-state index contributed by atoms with van der Waals surface area (Å²) >= 11 is 6.34. The second kappa shape index (κ2) is 9.54. The maximum atomic E-state index is 13.4. The first kappa shape index (κ1) is 22.0. The van der Waals surface area contributed by atoms with Crippen molar-refractivity contribution in [3.63, 3.8) is 0 Å². The van der Waals surface area contributed by atoms with Gasteiger partial charge in [0.15, 0.2) is 17.3 Å². The summed E-state index contributed by atoms with van der Waals surface area (Å²) in [4.78, 5) is 21.3. The standard InChI is InChI=1S/C24H21ClN2O4S/c1-3-30-23-18(22(28)19-13-27-24-17(19)7-5-11-26-24)6-4-8-21(23)31-14-15-9-10-16(32(2)29)12-20(15)25/h4-13H,3,14H2,1-2H3,(H,26,27). The quantitative estimate of drug-likeness (QED) is 0.361. The van der Waals surface area contributed by atoms with Gasteiger partial charge in [-0.15, -0.1) is 0 Å². The summed E-state index contributed by atoms with van der Waals surface area (Å²) in [6, 6.07) is 14.1. The van der Waals surface area contributed by atoms with E-state index in [9.17, 15) is 9.00 Å². The number of ether oxygens (including phenoxy) is 2. The third-order valence-corrected chi connectivity index (χ3v) is 6.22. The van der Waals surface area contributed by atoms with Gasteiger partial charge in [0.2, 0.25) is 0 Å². The first-order chi connectivity index (χ1) is 15.5. The fraction of sp³-hybridized carbons (Fsp3) is 0.167. The molecule has 32 heavy (non-hydrogen) atoms. The van der Waals surface area contributed by atoms with Crippen molar-refractivity contribution in [3.05, 3.63) is 82.6 Å². The number of carbonyl (C=O) groups excluding carboxylic acids is 1. The molecule has 1 atom stereocenters. The topological polar surface area (TPSA) is 81.3 Å². The van der Waals surface area contributed by atoms with Gasteiger partial charge in [-0.05, 0) is 43.3 Å². The molecule has 1 unspecified atom stereocenters. The Morgan fingerprint density at radius 1 is 1.12 bits per heavy atom. The predicted molar refractivity (Wildman–Crippen MR) is 125 cm³/mol. The van der Waals surface area contributed by atoms with Crippen LogP contribution in [-0.4, -0.2) is 32.8 Å². The number of ketones is 1. The molecule has 2 aromatic carbocycles. The summed E-state index contributed by atoms with van der Waals surface area (Å²) in [6.07, 6.45) is 4.92. The number of aromatic nitrogens is 2. The van der Waals surface area contributed by atoms with Crippen LogP contribution in [0.3, 0.4) is 0 Å². The highest BCUT2D eigenvalue weighted by molar-refractivity contribution is 7.84. The van der Waals surface area contributed by atoms with E-state index in [0.717, 1.165) is 10.9 Å². The zero-order valence-corrected chi connectivity index (χ0v) is 19.1. The number of H-pyrrole nitrogens is 1. The second-order valence-electron chi connectivity index (χ2n) is 6.99. The van der Waals surface area contributed by atoms with E-state index in [2.05, 4.69) is 9.97 Å². The summed E-state index contributed by atoms with van der Waals surface area (Å²) in [5.74, 6) is 0.626. The number of benzene rings is 2. The summed E-state index contributed by atoms with van der Waals surface area (Å²) in [5, 5.41) is 1.21. The third-order valence-electron chi connectivity index (χ3n) is 4.95. The van der Waals surface area contributed by atoms with Crippen molar-refractivity contribution in [2.45, 2.75) is 18.4 Å². The Bertz CT molecular complexity index is 1320. The van der Waals surface area contributed by atoms with Crippen molar-refractivity contribution >= 4 is 39.2 Å². The number of halogens is 1. The van der Waals surface area contributed by atoms with Crippen LogP contribution in [-0.2, 0) is 17.4 Å². The van der Waals surface area contributed by atoms with Gasteiger partial charge in [0.05, 0.1) is 12.2 Å². The van der Waals surface area contributed by atoms with Gasteiger partial charge in [-0.2, -0.15) is 0 Å². The maximum absolute atomic E-state index is 13.4. The number of rotatable bonds is 8. The summed E-state index contributed by atoms with van der Waals surface area (Å²) in [5.41, 5.74) is 2.30. The average Bonchev–Trinajstić information content (AvgIpc) is 3.22. The highest BCUT2D eigenvalue weighted by atomic mass is 35.5. The van der Waals surface area contributed by atoms with Gasteiger partial charge < -0.3 is 14.5 Å². The largest absolute Gasteiger partial charge is 0.489 e. The zero-order valence-electron chi connectivity index (χ0n) is 17.6. The fourth-order valence-electron chi connectivity index (χ4n) is 3.37. The number of carbonyl (C=O) groups is 1. The van der Waals surface area contributed by atoms with Crippen molar-refractivity contribution < 1.29 is 18.5 Å². The van der Waals surface area contributed by atoms with Gasteiger partial charge in [0, 0.05) is 55.9 Å². The van der Waals surface area contributed by atoms with E-state index in [1.807, 2.05) is 13.0 Å². The number of pyridine rings is 1. The number of nitrogens with one attached hydrogen (secondary N) is 1. The minimum Gasteiger partial charge on any atom is -0.489 e. The molecule has 6 nitrogen and oxygen atoms in total. The molecular weight excluding hydrogens is 448 g/mol. The van der Waals surface area contributed by atoms with Crippen LogP contribution in [0.2, 0.25) is 5.02 Å². The monoisotopic (exact) mass is 468 g/mol. The maximum Gasteiger partial charge on any atom is 0.199 e. The molecule has 0 amide bonds. The van der Waals surface area contributed by atoms with Gasteiger partial charge in [0.25, 0.3) is 0 Å². The van der Waals surface area contributed by atoms with Crippen LogP contribution >= 0.6 is 11.6 Å². The van der Waals surface area contributed by atoms with Crippen molar-refractivity contribution in [1.29, 1.82) is 0 Å². The van der Waals surface area contributed by atoms with E-state index >= 15 is 0 Å². The molecule has 2 heterocycles. The highest BCUT2D eigenvalue weighted by Crippen LogP contribution is 2.35. The van der Waals surface area contributed by atoms with Gasteiger partial charge in [-0.1, -0.05) is 23.7 Å². The summed E-state index contributed by atoms with van der Waals surface area (Å²) in [7, 11) is -1.12. The molecule has 0 radical (unpaired) electrons. The Labute approximate surface area is 193 Å². The van der Waals surface area contributed by atoms with Crippen LogP contribution in [0.15, 0.2) is 65.8 Å². The molecule has 0 aliphatic rings. The van der Waals surface area contributed by atoms with E-state index in [1.54, 1.807) is 61.1 Å². The lowest BCUT2D eigenvalue weighted by molar-refractivity contribution is 0.103. The van der Waals surface area contributed by atoms with E-state index in [4.69, 9.17) is 21.1 Å². The van der Waals surface area contributed by atoms with Crippen LogP contribution in [0, 0.1) is 0 Å². The number of para-hydroxylation sites is 1. The Hall–Kier alpha value is -3.16.